The summed E-state index contributed by atoms with van der Waals surface area (Å²) in [7, 11) is 0. The number of phenols is 1. The molecule has 1 saturated carbocycles. The van der Waals surface area contributed by atoms with Gasteiger partial charge in [0, 0.05) is 19.0 Å². The lowest BCUT2D eigenvalue weighted by Gasteiger charge is -2.31. The standard InChI is InChI=1S/C17H22N2O2.ClH/c20-14-2-1-12-3-8-19(11-13(12)9-14)16(21)15-10-17(15)4-6-18-7-5-17;/h1-2,9,15,18,20H,3-8,10-11H2;1H. The molecular weight excluding hydrogens is 300 g/mol. The molecule has 1 saturated heterocycles. The van der Waals surface area contributed by atoms with Gasteiger partial charge >= 0.3 is 0 Å². The maximum atomic E-state index is 12.8. The first-order valence-electron chi connectivity index (χ1n) is 7.98. The van der Waals surface area contributed by atoms with E-state index in [1.54, 1.807) is 6.07 Å². The molecule has 2 heterocycles. The van der Waals surface area contributed by atoms with Gasteiger partial charge in [0.1, 0.15) is 5.75 Å². The highest BCUT2D eigenvalue weighted by atomic mass is 35.5. The summed E-state index contributed by atoms with van der Waals surface area (Å²) >= 11 is 0. The summed E-state index contributed by atoms with van der Waals surface area (Å²) in [6.07, 6.45) is 4.28. The van der Waals surface area contributed by atoms with Gasteiger partial charge in [-0.15, -0.1) is 12.4 Å². The van der Waals surface area contributed by atoms with E-state index in [9.17, 15) is 9.90 Å². The second-order valence-corrected chi connectivity index (χ2v) is 6.83. The maximum absolute atomic E-state index is 12.8. The van der Waals surface area contributed by atoms with E-state index in [1.165, 1.54) is 5.56 Å². The predicted molar refractivity (Wildman–Crippen MR) is 87.1 cm³/mol. The van der Waals surface area contributed by atoms with Crippen molar-refractivity contribution in [1.82, 2.24) is 10.2 Å². The first kappa shape index (κ1) is 15.6. The SMILES string of the molecule is Cl.O=C(C1CC12CCNCC2)N1CCc2ccc(O)cc2C1. The molecule has 2 aliphatic heterocycles. The molecule has 0 aromatic heterocycles. The van der Waals surface area contributed by atoms with E-state index in [0.717, 1.165) is 50.9 Å². The third-order valence-electron chi connectivity index (χ3n) is 5.60. The zero-order valence-electron chi connectivity index (χ0n) is 12.7. The lowest BCUT2D eigenvalue weighted by atomic mass is 9.91. The Morgan fingerprint density at radius 1 is 1.27 bits per heavy atom. The molecule has 1 amide bonds. The minimum absolute atomic E-state index is 0. The summed E-state index contributed by atoms with van der Waals surface area (Å²) in [5.41, 5.74) is 2.68. The van der Waals surface area contributed by atoms with Crippen molar-refractivity contribution >= 4 is 18.3 Å². The molecule has 1 aliphatic carbocycles. The summed E-state index contributed by atoms with van der Waals surface area (Å²) < 4.78 is 0. The van der Waals surface area contributed by atoms with Crippen LogP contribution in [0.3, 0.4) is 0 Å². The first-order valence-corrected chi connectivity index (χ1v) is 7.98. The summed E-state index contributed by atoms with van der Waals surface area (Å²) in [6.45, 7) is 3.59. The topological polar surface area (TPSA) is 52.6 Å². The van der Waals surface area contributed by atoms with Crippen molar-refractivity contribution < 1.29 is 9.90 Å². The fraction of sp³-hybridized carbons (Fsp3) is 0.588. The Kier molecular flexibility index (Phi) is 4.08. The largest absolute Gasteiger partial charge is 0.508 e. The molecule has 1 aromatic rings. The Balaban J connectivity index is 0.00000144. The van der Waals surface area contributed by atoms with Crippen molar-refractivity contribution in [1.29, 1.82) is 0 Å². The van der Waals surface area contributed by atoms with Gasteiger partial charge in [0.25, 0.3) is 0 Å². The number of nitrogens with one attached hydrogen (secondary N) is 1. The van der Waals surface area contributed by atoms with Crippen LogP contribution in [0.2, 0.25) is 0 Å². The Hall–Kier alpha value is -1.26. The highest BCUT2D eigenvalue weighted by Crippen LogP contribution is 2.59. The summed E-state index contributed by atoms with van der Waals surface area (Å²) in [4.78, 5) is 14.8. The number of benzene rings is 1. The third kappa shape index (κ3) is 2.59. The van der Waals surface area contributed by atoms with E-state index in [4.69, 9.17) is 0 Å². The van der Waals surface area contributed by atoms with Gasteiger partial charge < -0.3 is 15.3 Å². The van der Waals surface area contributed by atoms with Crippen LogP contribution in [-0.4, -0.2) is 35.5 Å². The van der Waals surface area contributed by atoms with Crippen LogP contribution in [0.4, 0.5) is 0 Å². The van der Waals surface area contributed by atoms with Gasteiger partial charge in [-0.05, 0) is 67.4 Å². The summed E-state index contributed by atoms with van der Waals surface area (Å²) in [5.74, 6) is 0.883. The van der Waals surface area contributed by atoms with Crippen molar-refractivity contribution in [2.75, 3.05) is 19.6 Å². The number of aromatic hydroxyl groups is 1. The van der Waals surface area contributed by atoms with Crippen LogP contribution in [0.5, 0.6) is 5.75 Å². The number of hydrogen-bond donors (Lipinski definition) is 2. The Morgan fingerprint density at radius 2 is 2.05 bits per heavy atom. The number of amides is 1. The Morgan fingerprint density at radius 3 is 2.82 bits per heavy atom. The van der Waals surface area contributed by atoms with Crippen LogP contribution in [0.15, 0.2) is 18.2 Å². The molecule has 0 radical (unpaired) electrons. The number of piperidine rings is 1. The van der Waals surface area contributed by atoms with Gasteiger partial charge in [0.2, 0.25) is 5.91 Å². The van der Waals surface area contributed by atoms with Crippen LogP contribution in [0.1, 0.15) is 30.4 Å². The fourth-order valence-corrected chi connectivity index (χ4v) is 4.13. The van der Waals surface area contributed by atoms with Crippen molar-refractivity contribution in [3.05, 3.63) is 29.3 Å². The summed E-state index contributed by atoms with van der Waals surface area (Å²) in [6, 6.07) is 5.53. The van der Waals surface area contributed by atoms with Crippen LogP contribution >= 0.6 is 12.4 Å². The van der Waals surface area contributed by atoms with Crippen molar-refractivity contribution in [2.45, 2.75) is 32.2 Å². The lowest BCUT2D eigenvalue weighted by Crippen LogP contribution is -2.39. The van der Waals surface area contributed by atoms with Gasteiger partial charge in [-0.25, -0.2) is 0 Å². The number of carbonyl (C=O) groups excluding carboxylic acids is 1. The zero-order chi connectivity index (χ0) is 14.4. The molecule has 0 bridgehead atoms. The number of hydrogen-bond acceptors (Lipinski definition) is 3. The van der Waals surface area contributed by atoms with E-state index >= 15 is 0 Å². The number of phenolic OH excluding ortho intramolecular Hbond substituents is 1. The molecule has 1 aromatic carbocycles. The van der Waals surface area contributed by atoms with Crippen LogP contribution in [0, 0.1) is 11.3 Å². The number of carbonyl (C=O) groups is 1. The molecule has 4 nitrogen and oxygen atoms in total. The molecular formula is C17H23ClN2O2. The number of nitrogens with zero attached hydrogens (tertiary/aromatic N) is 1. The molecule has 120 valence electrons. The highest BCUT2D eigenvalue weighted by Gasteiger charge is 2.58. The number of rotatable bonds is 1. The minimum Gasteiger partial charge on any atom is -0.508 e. The third-order valence-corrected chi connectivity index (χ3v) is 5.60. The Bertz CT molecular complexity index is 584. The molecule has 22 heavy (non-hydrogen) atoms. The van der Waals surface area contributed by atoms with E-state index in [1.807, 2.05) is 17.0 Å². The van der Waals surface area contributed by atoms with Crippen LogP contribution in [-0.2, 0) is 17.8 Å². The zero-order valence-corrected chi connectivity index (χ0v) is 13.5. The van der Waals surface area contributed by atoms with Gasteiger partial charge in [-0.1, -0.05) is 6.07 Å². The number of halogens is 1. The predicted octanol–water partition coefficient (Wildman–Crippen LogP) is 2.09. The normalized spacial score (nSPS) is 25.3. The van der Waals surface area contributed by atoms with Gasteiger partial charge in [0.15, 0.2) is 0 Å². The maximum Gasteiger partial charge on any atom is 0.226 e. The molecule has 1 spiro atoms. The highest BCUT2D eigenvalue weighted by molar-refractivity contribution is 5.85. The van der Waals surface area contributed by atoms with Crippen molar-refractivity contribution in [3.8, 4) is 5.75 Å². The molecule has 2 fully saturated rings. The second kappa shape index (κ2) is 5.74. The monoisotopic (exact) mass is 322 g/mol. The van der Waals surface area contributed by atoms with E-state index in [2.05, 4.69) is 5.32 Å². The lowest BCUT2D eigenvalue weighted by molar-refractivity contribution is -0.134. The number of fused-ring (bicyclic) bond motifs is 1. The van der Waals surface area contributed by atoms with Gasteiger partial charge in [0.05, 0.1) is 0 Å². The molecule has 3 aliphatic rings. The molecule has 5 heteroatoms. The van der Waals surface area contributed by atoms with Gasteiger partial charge in [-0.3, -0.25) is 4.79 Å². The molecule has 4 rings (SSSR count). The minimum atomic E-state index is 0. The van der Waals surface area contributed by atoms with Gasteiger partial charge in [-0.2, -0.15) is 0 Å². The fourth-order valence-electron chi connectivity index (χ4n) is 4.13. The van der Waals surface area contributed by atoms with Crippen LogP contribution in [0.25, 0.3) is 0 Å². The molecule has 1 unspecified atom stereocenters. The smallest absolute Gasteiger partial charge is 0.226 e. The van der Waals surface area contributed by atoms with Crippen LogP contribution < -0.4 is 5.32 Å². The molecule has 2 N–H and O–H groups in total. The van der Waals surface area contributed by atoms with Crippen molar-refractivity contribution in [2.24, 2.45) is 11.3 Å². The van der Waals surface area contributed by atoms with E-state index in [0.29, 0.717) is 23.6 Å². The average Bonchev–Trinajstić information content (AvgIpc) is 3.19. The van der Waals surface area contributed by atoms with E-state index in [-0.39, 0.29) is 18.3 Å². The van der Waals surface area contributed by atoms with Crippen molar-refractivity contribution in [3.63, 3.8) is 0 Å². The molecule has 1 atom stereocenters. The van der Waals surface area contributed by atoms with E-state index < -0.39 is 0 Å². The Labute approximate surface area is 137 Å². The second-order valence-electron chi connectivity index (χ2n) is 6.83. The summed E-state index contributed by atoms with van der Waals surface area (Å²) in [5, 5.41) is 13.0. The quantitative estimate of drug-likeness (QED) is 0.832. The average molecular weight is 323 g/mol. The first-order chi connectivity index (χ1) is 10.2.